The highest BCUT2D eigenvalue weighted by Gasteiger charge is 2.26. The van der Waals surface area contributed by atoms with E-state index in [1.807, 2.05) is 4.90 Å². The third-order valence-electron chi connectivity index (χ3n) is 3.14. The lowest BCUT2D eigenvalue weighted by atomic mass is 10.0. The normalized spacial score (nSPS) is 16.8. The lowest BCUT2D eigenvalue weighted by molar-refractivity contribution is 0.197. The molecule has 0 saturated carbocycles. The Labute approximate surface area is 135 Å². The molecule has 20 heavy (non-hydrogen) atoms. The van der Waals surface area contributed by atoms with Gasteiger partial charge in [0.15, 0.2) is 0 Å². The summed E-state index contributed by atoms with van der Waals surface area (Å²) in [7, 11) is 0. The molecule has 0 aliphatic carbocycles. The lowest BCUT2D eigenvalue weighted by Crippen LogP contribution is -2.45. The van der Waals surface area contributed by atoms with Crippen molar-refractivity contribution < 1.29 is 8.78 Å². The van der Waals surface area contributed by atoms with Crippen LogP contribution in [-0.2, 0) is 0 Å². The van der Waals surface area contributed by atoms with Crippen LogP contribution in [0.3, 0.4) is 0 Å². The molecular weight excluding hydrogens is 329 g/mol. The predicted octanol–water partition coefficient (Wildman–Crippen LogP) is 3.59. The standard InChI is InChI=1S/C13H15ClF2N2.2ClH/c1-2-11(18-7-5-17-6-8-18)12-10(15)4-3-9(14)13(12)16;;/h2-4,11,17H,1,5-8H2;2*1H/t11-;;/m0../s1. The van der Waals surface area contributed by atoms with Gasteiger partial charge in [0, 0.05) is 31.7 Å². The third kappa shape index (κ3) is 4.06. The van der Waals surface area contributed by atoms with E-state index in [2.05, 4.69) is 11.9 Å². The van der Waals surface area contributed by atoms with Crippen molar-refractivity contribution in [1.82, 2.24) is 10.2 Å². The molecule has 0 unspecified atom stereocenters. The van der Waals surface area contributed by atoms with Crippen molar-refractivity contribution in [2.24, 2.45) is 0 Å². The summed E-state index contributed by atoms with van der Waals surface area (Å²) >= 11 is 5.72. The molecule has 2 nitrogen and oxygen atoms in total. The van der Waals surface area contributed by atoms with Crippen molar-refractivity contribution in [2.45, 2.75) is 6.04 Å². The van der Waals surface area contributed by atoms with Crippen LogP contribution in [0.15, 0.2) is 24.8 Å². The molecule has 1 atom stereocenters. The van der Waals surface area contributed by atoms with Crippen LogP contribution in [0, 0.1) is 11.6 Å². The van der Waals surface area contributed by atoms with E-state index in [1.165, 1.54) is 12.1 Å². The van der Waals surface area contributed by atoms with E-state index in [4.69, 9.17) is 11.6 Å². The average molecular weight is 346 g/mol. The number of halogens is 5. The van der Waals surface area contributed by atoms with Gasteiger partial charge in [0.25, 0.3) is 0 Å². The topological polar surface area (TPSA) is 15.3 Å². The second-order valence-electron chi connectivity index (χ2n) is 4.22. The Kier molecular flexibility index (Phi) is 8.63. The fourth-order valence-corrected chi connectivity index (χ4v) is 2.39. The van der Waals surface area contributed by atoms with Gasteiger partial charge in [0.1, 0.15) is 11.6 Å². The number of hydrogen-bond acceptors (Lipinski definition) is 2. The van der Waals surface area contributed by atoms with E-state index >= 15 is 0 Å². The molecule has 0 aromatic heterocycles. The first-order chi connectivity index (χ1) is 8.65. The minimum absolute atomic E-state index is 0. The summed E-state index contributed by atoms with van der Waals surface area (Å²) in [6.45, 7) is 6.73. The Morgan fingerprint density at radius 2 is 1.85 bits per heavy atom. The molecule has 1 aliphatic heterocycles. The van der Waals surface area contributed by atoms with E-state index in [-0.39, 0.29) is 35.4 Å². The first-order valence-electron chi connectivity index (χ1n) is 5.86. The summed E-state index contributed by atoms with van der Waals surface area (Å²) in [6, 6.07) is 1.94. The second-order valence-corrected chi connectivity index (χ2v) is 4.63. The third-order valence-corrected chi connectivity index (χ3v) is 3.44. The van der Waals surface area contributed by atoms with Crippen LogP contribution in [0.1, 0.15) is 11.6 Å². The maximum Gasteiger partial charge on any atom is 0.149 e. The Morgan fingerprint density at radius 1 is 1.25 bits per heavy atom. The van der Waals surface area contributed by atoms with Gasteiger partial charge in [0.2, 0.25) is 0 Å². The number of nitrogens with zero attached hydrogens (tertiary/aromatic N) is 1. The second kappa shape index (κ2) is 8.80. The molecule has 1 aliphatic rings. The molecule has 0 spiro atoms. The van der Waals surface area contributed by atoms with Gasteiger partial charge >= 0.3 is 0 Å². The van der Waals surface area contributed by atoms with Crippen molar-refractivity contribution in [3.8, 4) is 0 Å². The van der Waals surface area contributed by atoms with Crippen molar-refractivity contribution in [1.29, 1.82) is 0 Å². The lowest BCUT2D eigenvalue weighted by Gasteiger charge is -2.33. The Bertz CT molecular complexity index is 451. The zero-order valence-electron chi connectivity index (χ0n) is 10.7. The molecule has 2 rings (SSSR count). The van der Waals surface area contributed by atoms with E-state index in [0.717, 1.165) is 26.2 Å². The fourth-order valence-electron chi connectivity index (χ4n) is 2.22. The highest BCUT2D eigenvalue weighted by Crippen LogP contribution is 2.30. The van der Waals surface area contributed by atoms with Crippen LogP contribution in [-0.4, -0.2) is 31.1 Å². The number of hydrogen-bond donors (Lipinski definition) is 1. The van der Waals surface area contributed by atoms with Crippen LogP contribution in [0.5, 0.6) is 0 Å². The quantitative estimate of drug-likeness (QED) is 0.665. The van der Waals surface area contributed by atoms with E-state index in [1.54, 1.807) is 6.08 Å². The maximum atomic E-state index is 14.0. The van der Waals surface area contributed by atoms with Crippen LogP contribution < -0.4 is 5.32 Å². The molecule has 1 fully saturated rings. The zero-order chi connectivity index (χ0) is 13.1. The first-order valence-corrected chi connectivity index (χ1v) is 6.23. The fraction of sp³-hybridized carbons (Fsp3) is 0.385. The van der Waals surface area contributed by atoms with Crippen molar-refractivity contribution >= 4 is 36.4 Å². The minimum atomic E-state index is -0.694. The molecule has 114 valence electrons. The molecule has 1 heterocycles. The Balaban J connectivity index is 0.00000180. The van der Waals surface area contributed by atoms with Gasteiger partial charge < -0.3 is 5.32 Å². The SMILES string of the molecule is C=C[C@@H](c1c(F)ccc(Cl)c1F)N1CCNCC1.Cl.Cl. The van der Waals surface area contributed by atoms with Gasteiger partial charge in [-0.2, -0.15) is 0 Å². The van der Waals surface area contributed by atoms with Gasteiger partial charge in [0.05, 0.1) is 11.1 Å². The summed E-state index contributed by atoms with van der Waals surface area (Å²) in [6.07, 6.45) is 1.56. The molecule has 1 saturated heterocycles. The number of benzene rings is 1. The van der Waals surface area contributed by atoms with E-state index in [9.17, 15) is 8.78 Å². The highest BCUT2D eigenvalue weighted by molar-refractivity contribution is 6.30. The summed E-state index contributed by atoms with van der Waals surface area (Å²) < 4.78 is 27.8. The average Bonchev–Trinajstić information content (AvgIpc) is 2.40. The Morgan fingerprint density at radius 3 is 2.40 bits per heavy atom. The van der Waals surface area contributed by atoms with Gasteiger partial charge in [-0.1, -0.05) is 17.7 Å². The van der Waals surface area contributed by atoms with Gasteiger partial charge in [-0.05, 0) is 12.1 Å². The van der Waals surface area contributed by atoms with Gasteiger partial charge in [-0.15, -0.1) is 31.4 Å². The molecule has 1 aromatic rings. The smallest absolute Gasteiger partial charge is 0.149 e. The minimum Gasteiger partial charge on any atom is -0.314 e. The Hall–Kier alpha value is -0.390. The van der Waals surface area contributed by atoms with Crippen LogP contribution in [0.2, 0.25) is 5.02 Å². The predicted molar refractivity (Wildman–Crippen MR) is 83.2 cm³/mol. The summed E-state index contributed by atoms with van der Waals surface area (Å²) in [4.78, 5) is 1.99. The van der Waals surface area contributed by atoms with Crippen LogP contribution in [0.25, 0.3) is 0 Å². The van der Waals surface area contributed by atoms with Gasteiger partial charge in [-0.25, -0.2) is 8.78 Å². The van der Waals surface area contributed by atoms with E-state index in [0.29, 0.717) is 0 Å². The van der Waals surface area contributed by atoms with Gasteiger partial charge in [-0.3, -0.25) is 4.90 Å². The van der Waals surface area contributed by atoms with Crippen molar-refractivity contribution in [3.05, 3.63) is 47.0 Å². The maximum absolute atomic E-state index is 14.0. The molecular formula is C13H17Cl3F2N2. The number of rotatable bonds is 3. The molecule has 1 N–H and O–H groups in total. The molecule has 7 heteroatoms. The summed E-state index contributed by atoms with van der Waals surface area (Å²) in [5, 5.41) is 3.13. The highest BCUT2D eigenvalue weighted by atomic mass is 35.5. The van der Waals surface area contributed by atoms with E-state index < -0.39 is 17.7 Å². The van der Waals surface area contributed by atoms with Crippen molar-refractivity contribution in [2.75, 3.05) is 26.2 Å². The summed E-state index contributed by atoms with van der Waals surface area (Å²) in [5.74, 6) is -1.28. The van der Waals surface area contributed by atoms with Crippen LogP contribution in [0.4, 0.5) is 8.78 Å². The largest absolute Gasteiger partial charge is 0.314 e. The van der Waals surface area contributed by atoms with Crippen LogP contribution >= 0.6 is 36.4 Å². The first kappa shape index (κ1) is 19.6. The molecule has 0 bridgehead atoms. The molecule has 0 amide bonds. The monoisotopic (exact) mass is 344 g/mol. The molecule has 0 radical (unpaired) electrons. The number of piperazine rings is 1. The number of nitrogens with one attached hydrogen (secondary N) is 1. The summed E-state index contributed by atoms with van der Waals surface area (Å²) in [5.41, 5.74) is -0.0144. The van der Waals surface area contributed by atoms with Crippen molar-refractivity contribution in [3.63, 3.8) is 0 Å². The zero-order valence-corrected chi connectivity index (χ0v) is 13.1. The molecule has 1 aromatic carbocycles.